The molecule has 0 bridgehead atoms. The van der Waals surface area contributed by atoms with Crippen molar-refractivity contribution >= 4 is 17.3 Å². The summed E-state index contributed by atoms with van der Waals surface area (Å²) < 4.78 is 5.48. The zero-order chi connectivity index (χ0) is 20.1. The molecule has 1 atom stereocenters. The Hall–Kier alpha value is -2.37. The SMILES string of the molecule is Cc1ccc(C)c(NC(=O)[C@H](C)N(C)Cc2ccccc2N2CCOCC2)c1. The summed E-state index contributed by atoms with van der Waals surface area (Å²) in [6.07, 6.45) is 0. The van der Waals surface area contributed by atoms with Crippen molar-refractivity contribution in [2.45, 2.75) is 33.4 Å². The molecule has 0 unspecified atom stereocenters. The number of morpholine rings is 1. The molecule has 2 aromatic carbocycles. The Morgan fingerprint density at radius 1 is 1.18 bits per heavy atom. The van der Waals surface area contributed by atoms with E-state index in [9.17, 15) is 4.79 Å². The van der Waals surface area contributed by atoms with Crippen LogP contribution in [-0.2, 0) is 16.1 Å². The largest absolute Gasteiger partial charge is 0.378 e. The van der Waals surface area contributed by atoms with Crippen LogP contribution in [0.5, 0.6) is 0 Å². The maximum atomic E-state index is 12.8. The van der Waals surface area contributed by atoms with Crippen LogP contribution in [0.1, 0.15) is 23.6 Å². The van der Waals surface area contributed by atoms with Crippen LogP contribution < -0.4 is 10.2 Å². The molecule has 5 heteroatoms. The number of amides is 1. The molecule has 0 aliphatic carbocycles. The number of hydrogen-bond donors (Lipinski definition) is 1. The van der Waals surface area contributed by atoms with Crippen LogP contribution in [0.2, 0.25) is 0 Å². The number of aryl methyl sites for hydroxylation is 2. The standard InChI is InChI=1S/C23H31N3O2/c1-17-9-10-18(2)21(15-17)24-23(27)19(3)25(4)16-20-7-5-6-8-22(20)26-11-13-28-14-12-26/h5-10,15,19H,11-14,16H2,1-4H3,(H,24,27)/t19-/m0/s1. The number of anilines is 2. The summed E-state index contributed by atoms with van der Waals surface area (Å²) in [5.74, 6) is 0.0139. The molecule has 3 rings (SSSR count). The number of carbonyl (C=O) groups excluding carboxylic acids is 1. The maximum Gasteiger partial charge on any atom is 0.241 e. The lowest BCUT2D eigenvalue weighted by Gasteiger charge is -2.32. The highest BCUT2D eigenvalue weighted by molar-refractivity contribution is 5.95. The van der Waals surface area contributed by atoms with Crippen LogP contribution >= 0.6 is 0 Å². The molecule has 1 saturated heterocycles. The minimum atomic E-state index is -0.238. The fourth-order valence-corrected chi connectivity index (χ4v) is 3.47. The number of hydrogen-bond acceptors (Lipinski definition) is 4. The van der Waals surface area contributed by atoms with E-state index in [1.54, 1.807) is 0 Å². The predicted octanol–water partition coefficient (Wildman–Crippen LogP) is 3.60. The number of likely N-dealkylation sites (N-methyl/N-ethyl adjacent to an activating group) is 1. The lowest BCUT2D eigenvalue weighted by atomic mass is 10.1. The lowest BCUT2D eigenvalue weighted by Crippen LogP contribution is -2.40. The number of benzene rings is 2. The third-order valence-electron chi connectivity index (χ3n) is 5.45. The third-order valence-corrected chi connectivity index (χ3v) is 5.45. The molecule has 5 nitrogen and oxygen atoms in total. The van der Waals surface area contributed by atoms with Gasteiger partial charge in [0.2, 0.25) is 5.91 Å². The van der Waals surface area contributed by atoms with Crippen LogP contribution in [-0.4, -0.2) is 50.2 Å². The van der Waals surface area contributed by atoms with Gasteiger partial charge >= 0.3 is 0 Å². The summed E-state index contributed by atoms with van der Waals surface area (Å²) in [4.78, 5) is 17.3. The van der Waals surface area contributed by atoms with Gasteiger partial charge in [0.1, 0.15) is 0 Å². The first kappa shape index (κ1) is 20.4. The van der Waals surface area contributed by atoms with Crippen molar-refractivity contribution in [1.29, 1.82) is 0 Å². The number of rotatable bonds is 6. The van der Waals surface area contributed by atoms with Gasteiger partial charge in [-0.05, 0) is 56.6 Å². The molecule has 1 amide bonds. The molecule has 28 heavy (non-hydrogen) atoms. The Morgan fingerprint density at radius 2 is 1.89 bits per heavy atom. The van der Waals surface area contributed by atoms with E-state index in [0.717, 1.165) is 49.7 Å². The van der Waals surface area contributed by atoms with E-state index < -0.39 is 0 Å². The van der Waals surface area contributed by atoms with Gasteiger partial charge in [0.05, 0.1) is 19.3 Å². The van der Waals surface area contributed by atoms with Gasteiger partial charge in [0.15, 0.2) is 0 Å². The summed E-state index contributed by atoms with van der Waals surface area (Å²) in [5.41, 5.74) is 5.57. The van der Waals surface area contributed by atoms with E-state index >= 15 is 0 Å². The Bertz CT molecular complexity index is 815. The van der Waals surface area contributed by atoms with Gasteiger partial charge in [-0.15, -0.1) is 0 Å². The van der Waals surface area contributed by atoms with Crippen LogP contribution in [0.15, 0.2) is 42.5 Å². The summed E-state index contributed by atoms with van der Waals surface area (Å²) in [6, 6.07) is 14.3. The molecular formula is C23H31N3O2. The Labute approximate surface area is 168 Å². The molecule has 1 aliphatic rings. The van der Waals surface area contributed by atoms with Gasteiger partial charge in [-0.25, -0.2) is 0 Å². The highest BCUT2D eigenvalue weighted by atomic mass is 16.5. The minimum absolute atomic E-state index is 0.0139. The topological polar surface area (TPSA) is 44.8 Å². The molecule has 150 valence electrons. The molecule has 1 fully saturated rings. The number of para-hydroxylation sites is 1. The molecule has 0 aromatic heterocycles. The first-order valence-electron chi connectivity index (χ1n) is 9.94. The van der Waals surface area contributed by atoms with E-state index in [0.29, 0.717) is 0 Å². The van der Waals surface area contributed by atoms with E-state index in [1.165, 1.54) is 11.3 Å². The maximum absolute atomic E-state index is 12.8. The smallest absolute Gasteiger partial charge is 0.241 e. The van der Waals surface area contributed by atoms with Crippen molar-refractivity contribution in [3.63, 3.8) is 0 Å². The van der Waals surface area contributed by atoms with Crippen LogP contribution in [0.3, 0.4) is 0 Å². The molecule has 0 saturated carbocycles. The van der Waals surface area contributed by atoms with Gasteiger partial charge in [0, 0.05) is 31.0 Å². The Balaban J connectivity index is 1.68. The Kier molecular flexibility index (Phi) is 6.70. The normalized spacial score (nSPS) is 15.5. The first-order valence-corrected chi connectivity index (χ1v) is 9.94. The van der Waals surface area contributed by atoms with Crippen molar-refractivity contribution in [2.75, 3.05) is 43.6 Å². The van der Waals surface area contributed by atoms with Gasteiger partial charge < -0.3 is 15.0 Å². The van der Waals surface area contributed by atoms with Crippen molar-refractivity contribution in [3.05, 3.63) is 59.2 Å². The van der Waals surface area contributed by atoms with Crippen molar-refractivity contribution in [3.8, 4) is 0 Å². The van der Waals surface area contributed by atoms with E-state index in [-0.39, 0.29) is 11.9 Å². The zero-order valence-corrected chi connectivity index (χ0v) is 17.4. The van der Waals surface area contributed by atoms with Gasteiger partial charge in [-0.2, -0.15) is 0 Å². The van der Waals surface area contributed by atoms with Gasteiger partial charge in [0.25, 0.3) is 0 Å². The second-order valence-electron chi connectivity index (χ2n) is 7.63. The molecular weight excluding hydrogens is 350 g/mol. The molecule has 1 heterocycles. The Morgan fingerprint density at radius 3 is 2.64 bits per heavy atom. The fourth-order valence-electron chi connectivity index (χ4n) is 3.47. The number of nitrogens with one attached hydrogen (secondary N) is 1. The number of ether oxygens (including phenoxy) is 1. The predicted molar refractivity (Wildman–Crippen MR) is 115 cm³/mol. The van der Waals surface area contributed by atoms with E-state index in [1.807, 2.05) is 40.0 Å². The summed E-state index contributed by atoms with van der Waals surface area (Å²) in [6.45, 7) is 10.1. The van der Waals surface area contributed by atoms with Gasteiger partial charge in [-0.1, -0.05) is 30.3 Å². The number of nitrogens with zero attached hydrogens (tertiary/aromatic N) is 2. The fraction of sp³-hybridized carbons (Fsp3) is 0.435. The first-order chi connectivity index (χ1) is 13.5. The minimum Gasteiger partial charge on any atom is -0.378 e. The lowest BCUT2D eigenvalue weighted by molar-refractivity contribution is -0.120. The van der Waals surface area contributed by atoms with Crippen molar-refractivity contribution in [1.82, 2.24) is 4.90 Å². The van der Waals surface area contributed by atoms with E-state index in [4.69, 9.17) is 4.74 Å². The third kappa shape index (κ3) is 4.91. The quantitative estimate of drug-likeness (QED) is 0.830. The summed E-state index contributed by atoms with van der Waals surface area (Å²) in [5, 5.41) is 3.09. The van der Waals surface area contributed by atoms with Crippen LogP contribution in [0.25, 0.3) is 0 Å². The highest BCUT2D eigenvalue weighted by Gasteiger charge is 2.21. The molecule has 0 radical (unpaired) electrons. The zero-order valence-electron chi connectivity index (χ0n) is 17.4. The molecule has 2 aromatic rings. The van der Waals surface area contributed by atoms with Crippen LogP contribution in [0, 0.1) is 13.8 Å². The average Bonchev–Trinajstić information content (AvgIpc) is 2.71. The average molecular weight is 382 g/mol. The summed E-state index contributed by atoms with van der Waals surface area (Å²) in [7, 11) is 2.00. The second kappa shape index (κ2) is 9.22. The summed E-state index contributed by atoms with van der Waals surface area (Å²) >= 11 is 0. The van der Waals surface area contributed by atoms with Crippen molar-refractivity contribution < 1.29 is 9.53 Å². The second-order valence-corrected chi connectivity index (χ2v) is 7.63. The van der Waals surface area contributed by atoms with E-state index in [2.05, 4.69) is 45.4 Å². The number of carbonyl (C=O) groups is 1. The van der Waals surface area contributed by atoms with Gasteiger partial charge in [-0.3, -0.25) is 9.69 Å². The van der Waals surface area contributed by atoms with Crippen molar-refractivity contribution in [2.24, 2.45) is 0 Å². The molecule has 1 N–H and O–H groups in total. The van der Waals surface area contributed by atoms with Crippen LogP contribution in [0.4, 0.5) is 11.4 Å². The monoisotopic (exact) mass is 381 g/mol. The molecule has 1 aliphatic heterocycles. The molecule has 0 spiro atoms. The highest BCUT2D eigenvalue weighted by Crippen LogP contribution is 2.24.